The average Bonchev–Trinajstić information content (AvgIpc) is 2.52. The lowest BCUT2D eigenvalue weighted by atomic mass is 10.1. The minimum Gasteiger partial charge on any atom is -0.493 e. The van der Waals surface area contributed by atoms with Crippen molar-refractivity contribution >= 4 is 0 Å². The zero-order chi connectivity index (χ0) is 15.2. The number of para-hydroxylation sites is 1. The quantitative estimate of drug-likeness (QED) is 0.889. The van der Waals surface area contributed by atoms with Gasteiger partial charge in [-0.05, 0) is 29.8 Å². The second-order valence-corrected chi connectivity index (χ2v) is 4.46. The molecule has 0 radical (unpaired) electrons. The summed E-state index contributed by atoms with van der Waals surface area (Å²) in [7, 11) is 3.10. The fraction of sp³-hybridized carbons (Fsp3) is 0.250. The van der Waals surface area contributed by atoms with Crippen LogP contribution in [0.15, 0.2) is 42.5 Å². The van der Waals surface area contributed by atoms with Crippen molar-refractivity contribution in [2.75, 3.05) is 20.8 Å². The zero-order valence-electron chi connectivity index (χ0n) is 12.0. The number of hydrogen-bond donors (Lipinski definition) is 1. The predicted molar refractivity (Wildman–Crippen MR) is 78.4 cm³/mol. The molecule has 0 heterocycles. The molecule has 0 bridgehead atoms. The molecule has 21 heavy (non-hydrogen) atoms. The lowest BCUT2D eigenvalue weighted by Gasteiger charge is -2.17. The molecule has 0 aliphatic heterocycles. The van der Waals surface area contributed by atoms with Crippen LogP contribution in [0.3, 0.4) is 0 Å². The summed E-state index contributed by atoms with van der Waals surface area (Å²) in [6.07, 6.45) is 0. The van der Waals surface area contributed by atoms with Gasteiger partial charge < -0.3 is 19.9 Å². The first-order valence-electron chi connectivity index (χ1n) is 6.50. The van der Waals surface area contributed by atoms with E-state index in [-0.39, 0.29) is 12.4 Å². The molecule has 0 aliphatic carbocycles. The van der Waals surface area contributed by atoms with E-state index in [0.717, 1.165) is 0 Å². The molecule has 2 aromatic carbocycles. The summed E-state index contributed by atoms with van der Waals surface area (Å²) in [5.74, 6) is 1.27. The Balaban J connectivity index is 2.12. The van der Waals surface area contributed by atoms with Gasteiger partial charge in [-0.3, -0.25) is 0 Å². The van der Waals surface area contributed by atoms with Gasteiger partial charge in [0, 0.05) is 0 Å². The first kappa shape index (κ1) is 15.1. The van der Waals surface area contributed by atoms with Crippen molar-refractivity contribution in [2.45, 2.75) is 6.04 Å². The third kappa shape index (κ3) is 3.64. The Morgan fingerprint density at radius 2 is 1.67 bits per heavy atom. The first-order chi connectivity index (χ1) is 10.2. The van der Waals surface area contributed by atoms with Crippen LogP contribution in [0.1, 0.15) is 11.6 Å². The monoisotopic (exact) mass is 291 g/mol. The van der Waals surface area contributed by atoms with Crippen molar-refractivity contribution in [3.63, 3.8) is 0 Å². The maximum absolute atomic E-state index is 13.2. The fourth-order valence-electron chi connectivity index (χ4n) is 1.97. The van der Waals surface area contributed by atoms with Gasteiger partial charge >= 0.3 is 0 Å². The van der Waals surface area contributed by atoms with E-state index in [9.17, 15) is 4.39 Å². The van der Waals surface area contributed by atoms with Gasteiger partial charge in [0.2, 0.25) is 5.75 Å². The van der Waals surface area contributed by atoms with Gasteiger partial charge in [-0.1, -0.05) is 18.2 Å². The number of benzene rings is 2. The van der Waals surface area contributed by atoms with E-state index in [2.05, 4.69) is 0 Å². The molecule has 2 aromatic rings. The summed E-state index contributed by atoms with van der Waals surface area (Å²) >= 11 is 0. The Labute approximate surface area is 123 Å². The number of nitrogens with two attached hydrogens (primary N) is 1. The second-order valence-electron chi connectivity index (χ2n) is 4.46. The van der Waals surface area contributed by atoms with Crippen LogP contribution in [0.5, 0.6) is 17.2 Å². The number of halogens is 1. The molecule has 0 spiro atoms. The Hall–Kier alpha value is -2.27. The Bertz CT molecular complexity index is 582. The SMILES string of the molecule is COc1cccc(OC)c1OCC(N)c1cccc(F)c1. The van der Waals surface area contributed by atoms with E-state index in [0.29, 0.717) is 22.8 Å². The predicted octanol–water partition coefficient (Wildman–Crippen LogP) is 2.92. The van der Waals surface area contributed by atoms with Gasteiger partial charge in [0.25, 0.3) is 0 Å². The lowest BCUT2D eigenvalue weighted by molar-refractivity contribution is 0.257. The number of methoxy groups -OCH3 is 2. The van der Waals surface area contributed by atoms with E-state index in [1.54, 1.807) is 44.6 Å². The molecule has 112 valence electrons. The fourth-order valence-corrected chi connectivity index (χ4v) is 1.97. The highest BCUT2D eigenvalue weighted by Gasteiger charge is 2.14. The van der Waals surface area contributed by atoms with Crippen LogP contribution in [0, 0.1) is 5.82 Å². The van der Waals surface area contributed by atoms with Crippen molar-refractivity contribution < 1.29 is 18.6 Å². The molecule has 5 heteroatoms. The summed E-state index contributed by atoms with van der Waals surface area (Å²) in [5, 5.41) is 0. The standard InChI is InChI=1S/C16H18FNO3/c1-19-14-7-4-8-15(20-2)16(14)21-10-13(18)11-5-3-6-12(17)9-11/h3-9,13H,10,18H2,1-2H3. The molecule has 0 amide bonds. The number of rotatable bonds is 6. The zero-order valence-corrected chi connectivity index (χ0v) is 12.0. The molecule has 0 aliphatic rings. The van der Waals surface area contributed by atoms with Gasteiger partial charge in [-0.15, -0.1) is 0 Å². The summed E-state index contributed by atoms with van der Waals surface area (Å²) in [6, 6.07) is 11.0. The van der Waals surface area contributed by atoms with Crippen LogP contribution < -0.4 is 19.9 Å². The molecule has 2 N–H and O–H groups in total. The van der Waals surface area contributed by atoms with Crippen molar-refractivity contribution in [3.8, 4) is 17.2 Å². The summed E-state index contributed by atoms with van der Waals surface area (Å²) in [4.78, 5) is 0. The van der Waals surface area contributed by atoms with Crippen LogP contribution in [0.4, 0.5) is 4.39 Å². The third-order valence-corrected chi connectivity index (χ3v) is 3.07. The normalized spacial score (nSPS) is 11.8. The lowest BCUT2D eigenvalue weighted by Crippen LogP contribution is -2.19. The average molecular weight is 291 g/mol. The molecule has 2 rings (SSSR count). The highest BCUT2D eigenvalue weighted by molar-refractivity contribution is 5.51. The van der Waals surface area contributed by atoms with E-state index in [1.807, 2.05) is 0 Å². The van der Waals surface area contributed by atoms with Crippen LogP contribution in [0.25, 0.3) is 0 Å². The number of ether oxygens (including phenoxy) is 3. The summed E-state index contributed by atoms with van der Waals surface area (Å²) < 4.78 is 29.4. The van der Waals surface area contributed by atoms with Crippen LogP contribution >= 0.6 is 0 Å². The van der Waals surface area contributed by atoms with Crippen molar-refractivity contribution in [3.05, 3.63) is 53.8 Å². The van der Waals surface area contributed by atoms with Crippen LogP contribution in [-0.2, 0) is 0 Å². The molecule has 0 saturated carbocycles. The van der Waals surface area contributed by atoms with Crippen molar-refractivity contribution in [2.24, 2.45) is 5.73 Å². The van der Waals surface area contributed by atoms with Crippen molar-refractivity contribution in [1.29, 1.82) is 0 Å². The minimum atomic E-state index is -0.449. The van der Waals surface area contributed by atoms with Crippen LogP contribution in [-0.4, -0.2) is 20.8 Å². The molecule has 0 fully saturated rings. The largest absolute Gasteiger partial charge is 0.493 e. The third-order valence-electron chi connectivity index (χ3n) is 3.07. The first-order valence-corrected chi connectivity index (χ1v) is 6.50. The van der Waals surface area contributed by atoms with E-state index in [4.69, 9.17) is 19.9 Å². The second kappa shape index (κ2) is 6.95. The summed E-state index contributed by atoms with van der Waals surface area (Å²) in [6.45, 7) is 0.181. The van der Waals surface area contributed by atoms with Gasteiger partial charge in [-0.2, -0.15) is 0 Å². The van der Waals surface area contributed by atoms with Crippen LogP contribution in [0.2, 0.25) is 0 Å². The van der Waals surface area contributed by atoms with Gasteiger partial charge in [0.15, 0.2) is 11.5 Å². The Kier molecular flexibility index (Phi) is 5.00. The number of hydrogen-bond acceptors (Lipinski definition) is 4. The highest BCUT2D eigenvalue weighted by atomic mass is 19.1. The van der Waals surface area contributed by atoms with Gasteiger partial charge in [-0.25, -0.2) is 4.39 Å². The smallest absolute Gasteiger partial charge is 0.203 e. The summed E-state index contributed by atoms with van der Waals surface area (Å²) in [5.41, 5.74) is 6.69. The maximum atomic E-state index is 13.2. The molecular weight excluding hydrogens is 273 g/mol. The highest BCUT2D eigenvalue weighted by Crippen LogP contribution is 2.37. The topological polar surface area (TPSA) is 53.7 Å². The molecule has 0 aromatic heterocycles. The van der Waals surface area contributed by atoms with Crippen molar-refractivity contribution in [1.82, 2.24) is 0 Å². The Morgan fingerprint density at radius 1 is 1.05 bits per heavy atom. The van der Waals surface area contributed by atoms with E-state index < -0.39 is 6.04 Å². The molecule has 4 nitrogen and oxygen atoms in total. The van der Waals surface area contributed by atoms with E-state index in [1.165, 1.54) is 12.1 Å². The molecule has 1 unspecified atom stereocenters. The molecular formula is C16H18FNO3. The van der Waals surface area contributed by atoms with Gasteiger partial charge in [0.1, 0.15) is 12.4 Å². The molecule has 1 atom stereocenters. The minimum absolute atomic E-state index is 0.181. The van der Waals surface area contributed by atoms with Gasteiger partial charge in [0.05, 0.1) is 20.3 Å². The molecule has 0 saturated heterocycles. The van der Waals surface area contributed by atoms with E-state index >= 15 is 0 Å². The Morgan fingerprint density at radius 3 is 2.24 bits per heavy atom. The maximum Gasteiger partial charge on any atom is 0.203 e.